The number of hydrogen-bond donors (Lipinski definition) is 2. The van der Waals surface area contributed by atoms with Crippen LogP contribution in [0.4, 0.5) is 0 Å². The summed E-state index contributed by atoms with van der Waals surface area (Å²) in [6, 6.07) is 12.0. The second-order valence-electron chi connectivity index (χ2n) is 7.21. The zero-order chi connectivity index (χ0) is 19.1. The molecule has 27 heavy (non-hydrogen) atoms. The van der Waals surface area contributed by atoms with Crippen LogP contribution in [0.15, 0.2) is 46.6 Å². The van der Waals surface area contributed by atoms with Gasteiger partial charge < -0.3 is 15.0 Å². The molecule has 0 bridgehead atoms. The summed E-state index contributed by atoms with van der Waals surface area (Å²) >= 11 is 1.43. The molecule has 5 heteroatoms. The Labute approximate surface area is 161 Å². The van der Waals surface area contributed by atoms with Crippen molar-refractivity contribution in [3.05, 3.63) is 63.3 Å². The number of phenols is 1. The van der Waals surface area contributed by atoms with E-state index in [1.54, 1.807) is 6.07 Å². The van der Waals surface area contributed by atoms with E-state index in [9.17, 15) is 9.90 Å². The zero-order valence-electron chi connectivity index (χ0n) is 15.7. The van der Waals surface area contributed by atoms with Crippen molar-refractivity contribution in [2.75, 3.05) is 20.6 Å². The highest BCUT2D eigenvalue weighted by Crippen LogP contribution is 2.41. The highest BCUT2D eigenvalue weighted by molar-refractivity contribution is 7.17. The van der Waals surface area contributed by atoms with Gasteiger partial charge in [0.15, 0.2) is 0 Å². The maximum Gasteiger partial charge on any atom is 0.266 e. The van der Waals surface area contributed by atoms with E-state index in [-0.39, 0.29) is 11.3 Å². The Morgan fingerprint density at radius 2 is 1.89 bits per heavy atom. The van der Waals surface area contributed by atoms with E-state index >= 15 is 0 Å². The van der Waals surface area contributed by atoms with Crippen molar-refractivity contribution in [2.24, 2.45) is 0 Å². The van der Waals surface area contributed by atoms with Crippen LogP contribution in [0.3, 0.4) is 0 Å². The van der Waals surface area contributed by atoms with Gasteiger partial charge in [0, 0.05) is 22.9 Å². The third kappa shape index (κ3) is 3.13. The van der Waals surface area contributed by atoms with Crippen LogP contribution in [-0.4, -0.2) is 35.6 Å². The first kappa shape index (κ1) is 17.8. The van der Waals surface area contributed by atoms with Gasteiger partial charge in [-0.2, -0.15) is 0 Å². The first-order valence-electron chi connectivity index (χ1n) is 8.95. The number of phenolic OH excluding ortho intramolecular Hbond substituents is 1. The van der Waals surface area contributed by atoms with Crippen molar-refractivity contribution in [3.63, 3.8) is 0 Å². The maximum absolute atomic E-state index is 12.4. The molecule has 2 heterocycles. The van der Waals surface area contributed by atoms with Crippen molar-refractivity contribution >= 4 is 32.3 Å². The number of rotatable bonds is 4. The van der Waals surface area contributed by atoms with E-state index in [1.165, 1.54) is 16.9 Å². The summed E-state index contributed by atoms with van der Waals surface area (Å²) in [5.74, 6) is 0.237. The molecule has 2 N–H and O–H groups in total. The maximum atomic E-state index is 12.4. The molecule has 0 aliphatic rings. The summed E-state index contributed by atoms with van der Waals surface area (Å²) in [6.45, 7) is 2.90. The highest BCUT2D eigenvalue weighted by Gasteiger charge is 2.17. The third-order valence-corrected chi connectivity index (χ3v) is 5.89. The summed E-state index contributed by atoms with van der Waals surface area (Å²) in [6.07, 6.45) is 0.982. The number of aromatic nitrogens is 1. The van der Waals surface area contributed by atoms with Crippen molar-refractivity contribution in [2.45, 2.75) is 13.3 Å². The molecule has 0 amide bonds. The van der Waals surface area contributed by atoms with E-state index in [0.29, 0.717) is 4.70 Å². The van der Waals surface area contributed by atoms with Crippen molar-refractivity contribution < 1.29 is 5.11 Å². The minimum absolute atomic E-state index is 0.0775. The summed E-state index contributed by atoms with van der Waals surface area (Å²) in [5.41, 5.74) is 4.55. The van der Waals surface area contributed by atoms with E-state index in [2.05, 4.69) is 48.2 Å². The van der Waals surface area contributed by atoms with Gasteiger partial charge in [-0.05, 0) is 61.6 Å². The van der Waals surface area contributed by atoms with Crippen LogP contribution < -0.4 is 5.56 Å². The molecule has 138 valence electrons. The predicted octanol–water partition coefficient (Wildman–Crippen LogP) is 4.53. The molecule has 0 fully saturated rings. The first-order valence-corrected chi connectivity index (χ1v) is 9.83. The van der Waals surface area contributed by atoms with E-state index in [1.807, 2.05) is 18.4 Å². The number of thiophene rings is 1. The molecule has 4 nitrogen and oxygen atoms in total. The average molecular weight is 378 g/mol. The van der Waals surface area contributed by atoms with Crippen LogP contribution in [0.25, 0.3) is 32.1 Å². The fourth-order valence-corrected chi connectivity index (χ4v) is 4.36. The number of aryl methyl sites for hydroxylation is 1. The minimum atomic E-state index is -0.0775. The summed E-state index contributed by atoms with van der Waals surface area (Å²) < 4.78 is 0.691. The number of nitrogens with zero attached hydrogens (tertiary/aromatic N) is 1. The Morgan fingerprint density at radius 1 is 1.15 bits per heavy atom. The Morgan fingerprint density at radius 3 is 2.59 bits per heavy atom. The Hall–Kier alpha value is -2.63. The fourth-order valence-electron chi connectivity index (χ4n) is 3.57. The average Bonchev–Trinajstić information content (AvgIpc) is 3.12. The molecule has 0 saturated heterocycles. The van der Waals surface area contributed by atoms with Crippen LogP contribution >= 0.6 is 11.3 Å². The molecule has 4 rings (SSSR count). The van der Waals surface area contributed by atoms with Crippen LogP contribution in [0.5, 0.6) is 5.75 Å². The third-order valence-electron chi connectivity index (χ3n) is 4.97. The van der Waals surface area contributed by atoms with Crippen molar-refractivity contribution in [1.29, 1.82) is 0 Å². The lowest BCUT2D eigenvalue weighted by Gasteiger charge is -2.14. The number of aromatic amines is 1. The standard InChI is InChI=1S/C22H22N2O2S/c1-13-12-17(25)18(15-6-4-14(5-7-15)8-10-24(2)3)19-16-9-11-27-21(16)22(26)23-20(13)19/h4-7,9,11-12,25H,8,10H2,1-3H3,(H,23,26). The first-order chi connectivity index (χ1) is 13.0. The number of fused-ring (bicyclic) bond motifs is 3. The molecule has 0 aliphatic carbocycles. The number of H-pyrrole nitrogens is 1. The molecule has 0 spiro atoms. The van der Waals surface area contributed by atoms with E-state index < -0.39 is 0 Å². The lowest BCUT2D eigenvalue weighted by molar-refractivity contribution is 0.413. The number of benzene rings is 2. The molecular weight excluding hydrogens is 356 g/mol. The van der Waals surface area contributed by atoms with Gasteiger partial charge in [0.2, 0.25) is 0 Å². The molecule has 4 aromatic rings. The fraction of sp³-hybridized carbons (Fsp3) is 0.227. The van der Waals surface area contributed by atoms with Gasteiger partial charge in [0.05, 0.1) is 5.52 Å². The molecule has 0 atom stereocenters. The molecule has 2 aromatic heterocycles. The summed E-state index contributed by atoms with van der Waals surface area (Å²) in [4.78, 5) is 17.6. The van der Waals surface area contributed by atoms with Crippen LogP contribution in [0, 0.1) is 6.92 Å². The quantitative estimate of drug-likeness (QED) is 0.549. The SMILES string of the molecule is Cc1cc(O)c(-c2ccc(CCN(C)C)cc2)c2c1[nH]c(=O)c1sccc12. The number of hydrogen-bond acceptors (Lipinski definition) is 4. The van der Waals surface area contributed by atoms with Gasteiger partial charge in [0.1, 0.15) is 10.4 Å². The van der Waals surface area contributed by atoms with Gasteiger partial charge in [-0.25, -0.2) is 0 Å². The van der Waals surface area contributed by atoms with Gasteiger partial charge in [-0.3, -0.25) is 4.79 Å². The van der Waals surface area contributed by atoms with Gasteiger partial charge in [-0.15, -0.1) is 11.3 Å². The second-order valence-corrected chi connectivity index (χ2v) is 8.12. The number of likely N-dealkylation sites (N-methyl/N-ethyl adjacent to an activating group) is 1. The smallest absolute Gasteiger partial charge is 0.266 e. The summed E-state index contributed by atoms with van der Waals surface area (Å²) in [7, 11) is 4.13. The minimum Gasteiger partial charge on any atom is -0.507 e. The van der Waals surface area contributed by atoms with Crippen LogP contribution in [0.2, 0.25) is 0 Å². The lowest BCUT2D eigenvalue weighted by atomic mass is 9.94. The molecular formula is C22H22N2O2S. The highest BCUT2D eigenvalue weighted by atomic mass is 32.1. The Balaban J connectivity index is 1.94. The summed E-state index contributed by atoms with van der Waals surface area (Å²) in [5, 5.41) is 14.5. The molecule has 0 aliphatic heterocycles. The molecule has 0 unspecified atom stereocenters. The van der Waals surface area contributed by atoms with Crippen LogP contribution in [0.1, 0.15) is 11.1 Å². The van der Waals surface area contributed by atoms with E-state index in [4.69, 9.17) is 0 Å². The molecule has 0 radical (unpaired) electrons. The number of nitrogens with one attached hydrogen (secondary N) is 1. The second kappa shape index (κ2) is 6.83. The predicted molar refractivity (Wildman–Crippen MR) is 114 cm³/mol. The molecule has 2 aromatic carbocycles. The van der Waals surface area contributed by atoms with Gasteiger partial charge >= 0.3 is 0 Å². The monoisotopic (exact) mass is 378 g/mol. The number of aromatic hydroxyl groups is 1. The zero-order valence-corrected chi connectivity index (χ0v) is 16.5. The lowest BCUT2D eigenvalue weighted by Crippen LogP contribution is -2.14. The normalized spacial score (nSPS) is 11.7. The Bertz CT molecular complexity index is 1190. The number of pyridine rings is 1. The van der Waals surface area contributed by atoms with Crippen LogP contribution in [-0.2, 0) is 6.42 Å². The molecule has 0 saturated carbocycles. The van der Waals surface area contributed by atoms with E-state index in [0.717, 1.165) is 45.9 Å². The van der Waals surface area contributed by atoms with Gasteiger partial charge in [-0.1, -0.05) is 24.3 Å². The largest absolute Gasteiger partial charge is 0.507 e. The van der Waals surface area contributed by atoms with Crippen molar-refractivity contribution in [1.82, 2.24) is 9.88 Å². The topological polar surface area (TPSA) is 56.3 Å². The van der Waals surface area contributed by atoms with Gasteiger partial charge in [0.25, 0.3) is 5.56 Å². The van der Waals surface area contributed by atoms with Crippen molar-refractivity contribution in [3.8, 4) is 16.9 Å². The Kier molecular flexibility index (Phi) is 4.50.